The van der Waals surface area contributed by atoms with Gasteiger partial charge >= 0.3 is 0 Å². The quantitative estimate of drug-likeness (QED) is 0.156. The molecular weight excluding hydrogens is 881 g/mol. The zero-order chi connectivity index (χ0) is 47.8. The second-order valence-electron chi connectivity index (χ2n) is 19.8. The maximum atomic E-state index is 2.58. The van der Waals surface area contributed by atoms with E-state index in [1.807, 2.05) is 0 Å². The van der Waals surface area contributed by atoms with Crippen LogP contribution in [0, 0.1) is 0 Å². The Morgan fingerprint density at radius 3 is 1.58 bits per heavy atom. The highest BCUT2D eigenvalue weighted by Crippen LogP contribution is 2.63. The van der Waals surface area contributed by atoms with Crippen LogP contribution < -0.4 is 4.90 Å². The van der Waals surface area contributed by atoms with E-state index >= 15 is 0 Å². The van der Waals surface area contributed by atoms with Crippen molar-refractivity contribution in [2.24, 2.45) is 0 Å². The molecule has 1 atom stereocenters. The molecule has 0 amide bonds. The molecule has 338 valence electrons. The summed E-state index contributed by atoms with van der Waals surface area (Å²) in [5.74, 6) is 0. The summed E-state index contributed by atoms with van der Waals surface area (Å²) in [5, 5.41) is 12.5. The van der Waals surface area contributed by atoms with E-state index in [0.29, 0.717) is 0 Å². The van der Waals surface area contributed by atoms with Crippen LogP contribution >= 0.6 is 0 Å². The van der Waals surface area contributed by atoms with Crippen molar-refractivity contribution in [2.45, 2.75) is 5.41 Å². The third kappa shape index (κ3) is 5.42. The molecule has 1 unspecified atom stereocenters. The van der Waals surface area contributed by atoms with E-state index in [2.05, 4.69) is 276 Å². The molecule has 14 aromatic rings. The summed E-state index contributed by atoms with van der Waals surface area (Å²) in [6.45, 7) is 0. The maximum Gasteiger partial charge on any atom is 0.0755 e. The van der Waals surface area contributed by atoms with E-state index in [-0.39, 0.29) is 0 Å². The van der Waals surface area contributed by atoms with Crippen LogP contribution in [0.25, 0.3) is 104 Å². The highest BCUT2D eigenvalue weighted by atomic mass is 15.1. The number of anilines is 3. The summed E-state index contributed by atoms with van der Waals surface area (Å²) >= 11 is 0. The Bertz CT molecular complexity index is 4610. The van der Waals surface area contributed by atoms with E-state index in [1.54, 1.807) is 0 Å². The fraction of sp³-hybridized carbons (Fsp3) is 0.0141. The van der Waals surface area contributed by atoms with Crippen molar-refractivity contribution in [1.29, 1.82) is 0 Å². The second-order valence-corrected chi connectivity index (χ2v) is 19.8. The predicted octanol–water partition coefficient (Wildman–Crippen LogP) is 18.9. The number of benzene rings is 13. The Balaban J connectivity index is 1.03. The molecule has 0 saturated heterocycles. The summed E-state index contributed by atoms with van der Waals surface area (Å²) in [6, 6.07) is 100. The molecule has 16 rings (SSSR count). The molecule has 2 nitrogen and oxygen atoms in total. The lowest BCUT2D eigenvalue weighted by molar-refractivity contribution is 0.748. The summed E-state index contributed by atoms with van der Waals surface area (Å²) in [6.07, 6.45) is 0. The fourth-order valence-corrected chi connectivity index (χ4v) is 13.5. The predicted molar refractivity (Wildman–Crippen MR) is 307 cm³/mol. The van der Waals surface area contributed by atoms with Gasteiger partial charge in [0.15, 0.2) is 0 Å². The first-order valence-electron chi connectivity index (χ1n) is 25.4. The fourth-order valence-electron chi connectivity index (χ4n) is 13.5. The van der Waals surface area contributed by atoms with E-state index in [4.69, 9.17) is 0 Å². The normalized spacial score (nSPS) is 14.4. The van der Waals surface area contributed by atoms with Crippen LogP contribution in [0.1, 0.15) is 22.3 Å². The van der Waals surface area contributed by atoms with Crippen molar-refractivity contribution < 1.29 is 0 Å². The molecule has 0 fully saturated rings. The minimum Gasteiger partial charge on any atom is -0.309 e. The zero-order valence-corrected chi connectivity index (χ0v) is 39.8. The topological polar surface area (TPSA) is 8.17 Å². The standard InChI is InChI=1S/C71H44N2/c1-2-22-47-45(20-1)21-17-32-48(47)49-23-5-7-27-53(49)56-29-10-14-38-65(56)72(46-42-43-55-52-26-4-3-24-50(52)51-25-6-8-28-54(51)60(55)44-46)68-41-19-36-63-69(68)59-31-9-12-34-61(59)71(63)62-35-13-16-40-67(62)73-66-39-15-11-30-57(66)58-33-18-37-64(71)70(58)73/h1-44H. The second kappa shape index (κ2) is 15.3. The maximum absolute atomic E-state index is 2.58. The molecule has 73 heavy (non-hydrogen) atoms. The molecule has 0 bridgehead atoms. The molecule has 1 aliphatic heterocycles. The van der Waals surface area contributed by atoms with E-state index in [1.165, 1.54) is 121 Å². The number of hydrogen-bond acceptors (Lipinski definition) is 1. The molecule has 2 heteroatoms. The van der Waals surface area contributed by atoms with Crippen LogP contribution in [0.4, 0.5) is 17.1 Å². The highest BCUT2D eigenvalue weighted by Gasteiger charge is 2.51. The van der Waals surface area contributed by atoms with Gasteiger partial charge in [0.05, 0.1) is 33.5 Å². The average molecular weight is 925 g/mol. The smallest absolute Gasteiger partial charge is 0.0755 e. The summed E-state index contributed by atoms with van der Waals surface area (Å²) in [7, 11) is 0. The van der Waals surface area contributed by atoms with Crippen LogP contribution in [0.5, 0.6) is 0 Å². The van der Waals surface area contributed by atoms with Gasteiger partial charge in [-0.2, -0.15) is 0 Å². The van der Waals surface area contributed by atoms with Crippen molar-refractivity contribution in [3.63, 3.8) is 0 Å². The third-order valence-electron chi connectivity index (χ3n) is 16.4. The van der Waals surface area contributed by atoms with E-state index in [9.17, 15) is 0 Å². The number of para-hydroxylation sites is 4. The summed E-state index contributed by atoms with van der Waals surface area (Å²) in [4.78, 5) is 2.58. The molecular formula is C71H44N2. The van der Waals surface area contributed by atoms with Gasteiger partial charge in [-0.3, -0.25) is 0 Å². The molecule has 2 heterocycles. The number of fused-ring (bicyclic) bond motifs is 19. The minimum atomic E-state index is -0.604. The van der Waals surface area contributed by atoms with Crippen molar-refractivity contribution in [2.75, 3.05) is 4.90 Å². The van der Waals surface area contributed by atoms with Gasteiger partial charge in [0.2, 0.25) is 0 Å². The molecule has 0 radical (unpaired) electrons. The van der Waals surface area contributed by atoms with Gasteiger partial charge in [-0.1, -0.05) is 231 Å². The Morgan fingerprint density at radius 2 is 0.781 bits per heavy atom. The largest absolute Gasteiger partial charge is 0.309 e. The van der Waals surface area contributed by atoms with Crippen LogP contribution in [-0.2, 0) is 5.41 Å². The molecule has 1 aromatic heterocycles. The van der Waals surface area contributed by atoms with Crippen LogP contribution in [0.3, 0.4) is 0 Å². The summed E-state index contributed by atoms with van der Waals surface area (Å²) in [5.41, 5.74) is 18.9. The highest BCUT2D eigenvalue weighted by molar-refractivity contribution is 6.26. The van der Waals surface area contributed by atoms with Gasteiger partial charge in [0, 0.05) is 27.6 Å². The first-order chi connectivity index (χ1) is 36.3. The SMILES string of the molecule is c1ccc(-c2cccc3ccccc23)c(-c2ccccc2N(c2ccc3c4ccccc4c4ccccc4c3c2)c2cccc3c2-c2ccccc2C32c3ccccc3-n3c4ccccc4c4cccc2c43)c1. The lowest BCUT2D eigenvalue weighted by Gasteiger charge is -2.39. The van der Waals surface area contributed by atoms with Gasteiger partial charge in [0.1, 0.15) is 0 Å². The average Bonchev–Trinajstić information content (AvgIpc) is 4.06. The van der Waals surface area contributed by atoms with Crippen molar-refractivity contribution in [3.05, 3.63) is 289 Å². The number of aromatic nitrogens is 1. The van der Waals surface area contributed by atoms with Crippen molar-refractivity contribution >= 4 is 82.0 Å². The van der Waals surface area contributed by atoms with Gasteiger partial charge in [-0.15, -0.1) is 0 Å². The van der Waals surface area contributed by atoms with Gasteiger partial charge in [0.25, 0.3) is 0 Å². The zero-order valence-electron chi connectivity index (χ0n) is 39.8. The molecule has 0 saturated carbocycles. The molecule has 0 N–H and O–H groups in total. The number of rotatable bonds is 5. The molecule has 2 aliphatic rings. The van der Waals surface area contributed by atoms with Gasteiger partial charge in [-0.05, 0) is 124 Å². The first kappa shape index (κ1) is 40.3. The Morgan fingerprint density at radius 1 is 0.288 bits per heavy atom. The van der Waals surface area contributed by atoms with Crippen LogP contribution in [0.15, 0.2) is 267 Å². The van der Waals surface area contributed by atoms with E-state index in [0.717, 1.165) is 22.6 Å². The monoisotopic (exact) mass is 924 g/mol. The Labute approximate surface area is 422 Å². The first-order valence-corrected chi connectivity index (χ1v) is 25.4. The van der Waals surface area contributed by atoms with Crippen molar-refractivity contribution in [3.8, 4) is 39.1 Å². The van der Waals surface area contributed by atoms with Crippen LogP contribution in [0.2, 0.25) is 0 Å². The minimum absolute atomic E-state index is 0.604. The number of hydrogen-bond donors (Lipinski definition) is 0. The molecule has 13 aromatic carbocycles. The van der Waals surface area contributed by atoms with Crippen LogP contribution in [-0.4, -0.2) is 4.57 Å². The van der Waals surface area contributed by atoms with E-state index < -0.39 is 5.41 Å². The Kier molecular flexibility index (Phi) is 8.41. The Hall–Kier alpha value is -9.50. The lowest BCUT2D eigenvalue weighted by atomic mass is 9.65. The third-order valence-corrected chi connectivity index (χ3v) is 16.4. The van der Waals surface area contributed by atoms with Crippen molar-refractivity contribution in [1.82, 2.24) is 4.57 Å². The van der Waals surface area contributed by atoms with Gasteiger partial charge in [-0.25, -0.2) is 0 Å². The lowest BCUT2D eigenvalue weighted by Crippen LogP contribution is -2.33. The summed E-state index contributed by atoms with van der Waals surface area (Å²) < 4.78 is 2.53. The van der Waals surface area contributed by atoms with Gasteiger partial charge < -0.3 is 9.47 Å². The molecule has 1 aliphatic carbocycles. The number of nitrogens with zero attached hydrogens (tertiary/aromatic N) is 2. The molecule has 1 spiro atoms.